The van der Waals surface area contributed by atoms with Crippen LogP contribution in [0.25, 0.3) is 11.6 Å². The minimum atomic E-state index is 0.738. The number of fused-ring (bicyclic) bond motifs is 1. The van der Waals surface area contributed by atoms with Gasteiger partial charge in [0.25, 0.3) is 0 Å². The number of nitrogens with zero attached hydrogens (tertiary/aromatic N) is 2. The summed E-state index contributed by atoms with van der Waals surface area (Å²) in [5.41, 5.74) is 4.30. The first kappa shape index (κ1) is 13.6. The fraction of sp³-hybridized carbons (Fsp3) is 0.294. The van der Waals surface area contributed by atoms with E-state index in [1.54, 1.807) is 26.6 Å². The van der Waals surface area contributed by atoms with E-state index in [4.69, 9.17) is 9.47 Å². The zero-order valence-corrected chi connectivity index (χ0v) is 12.3. The van der Waals surface area contributed by atoms with Crippen molar-refractivity contribution in [2.24, 2.45) is 0 Å². The van der Waals surface area contributed by atoms with E-state index in [2.05, 4.69) is 16.0 Å². The Morgan fingerprint density at radius 3 is 2.71 bits per heavy atom. The van der Waals surface area contributed by atoms with Crippen LogP contribution in [0.3, 0.4) is 0 Å². The number of ether oxygens (including phenoxy) is 2. The molecule has 0 unspecified atom stereocenters. The number of allylic oxidation sites excluding steroid dienone is 1. The third-order valence-electron chi connectivity index (χ3n) is 3.70. The molecule has 0 radical (unpaired) electrons. The molecule has 1 heterocycles. The summed E-state index contributed by atoms with van der Waals surface area (Å²) in [6.45, 7) is 0. The van der Waals surface area contributed by atoms with E-state index in [-0.39, 0.29) is 0 Å². The lowest BCUT2D eigenvalue weighted by Gasteiger charge is -2.17. The SMILES string of the molecule is COc1cccc(C=C2CCCc3nccnc32)c1OC. The van der Waals surface area contributed by atoms with Crippen molar-refractivity contribution in [2.75, 3.05) is 14.2 Å². The van der Waals surface area contributed by atoms with Gasteiger partial charge in [0.1, 0.15) is 0 Å². The summed E-state index contributed by atoms with van der Waals surface area (Å²) in [5.74, 6) is 1.49. The highest BCUT2D eigenvalue weighted by Gasteiger charge is 2.17. The molecule has 1 aromatic heterocycles. The summed E-state index contributed by atoms with van der Waals surface area (Å²) in [4.78, 5) is 8.92. The molecule has 0 saturated heterocycles. The summed E-state index contributed by atoms with van der Waals surface area (Å²) in [5, 5.41) is 0. The van der Waals surface area contributed by atoms with Gasteiger partial charge in [0, 0.05) is 18.0 Å². The molecule has 21 heavy (non-hydrogen) atoms. The molecular weight excluding hydrogens is 264 g/mol. The van der Waals surface area contributed by atoms with Crippen molar-refractivity contribution in [2.45, 2.75) is 19.3 Å². The van der Waals surface area contributed by atoms with Gasteiger partial charge in [0.2, 0.25) is 0 Å². The maximum atomic E-state index is 5.49. The molecule has 4 nitrogen and oxygen atoms in total. The van der Waals surface area contributed by atoms with Crippen LogP contribution < -0.4 is 9.47 Å². The molecule has 0 saturated carbocycles. The second-order valence-electron chi connectivity index (χ2n) is 4.96. The maximum absolute atomic E-state index is 5.49. The number of rotatable bonds is 3. The Hall–Kier alpha value is -2.36. The minimum Gasteiger partial charge on any atom is -0.493 e. The number of aromatic nitrogens is 2. The van der Waals surface area contributed by atoms with Crippen molar-refractivity contribution in [3.05, 3.63) is 47.5 Å². The van der Waals surface area contributed by atoms with Gasteiger partial charge >= 0.3 is 0 Å². The Bertz CT molecular complexity index is 680. The van der Waals surface area contributed by atoms with Crippen LogP contribution in [0.5, 0.6) is 11.5 Å². The lowest BCUT2D eigenvalue weighted by Crippen LogP contribution is -2.06. The molecule has 0 atom stereocenters. The van der Waals surface area contributed by atoms with E-state index >= 15 is 0 Å². The van der Waals surface area contributed by atoms with Gasteiger partial charge in [-0.1, -0.05) is 12.1 Å². The van der Waals surface area contributed by atoms with Crippen LogP contribution in [0.1, 0.15) is 29.8 Å². The molecule has 0 N–H and O–H groups in total. The highest BCUT2D eigenvalue weighted by atomic mass is 16.5. The molecular formula is C17H18N2O2. The normalized spacial score (nSPS) is 15.6. The number of aryl methyl sites for hydroxylation is 1. The fourth-order valence-electron chi connectivity index (χ4n) is 2.74. The van der Waals surface area contributed by atoms with Crippen LogP contribution in [0.2, 0.25) is 0 Å². The summed E-state index contributed by atoms with van der Waals surface area (Å²) in [7, 11) is 3.31. The van der Waals surface area contributed by atoms with Crippen LogP contribution in [-0.4, -0.2) is 24.2 Å². The number of hydrogen-bond donors (Lipinski definition) is 0. The van der Waals surface area contributed by atoms with Crippen molar-refractivity contribution in [3.63, 3.8) is 0 Å². The van der Waals surface area contributed by atoms with Crippen LogP contribution in [0.15, 0.2) is 30.6 Å². The second-order valence-corrected chi connectivity index (χ2v) is 4.96. The Balaban J connectivity index is 2.08. The molecule has 0 aliphatic heterocycles. The quantitative estimate of drug-likeness (QED) is 0.865. The van der Waals surface area contributed by atoms with Gasteiger partial charge in [-0.15, -0.1) is 0 Å². The standard InChI is InChI=1S/C17H18N2O2/c1-20-15-8-4-6-13(17(15)21-2)11-12-5-3-7-14-16(12)19-10-9-18-14/h4,6,8-11H,3,5,7H2,1-2H3. The second kappa shape index (κ2) is 5.95. The lowest BCUT2D eigenvalue weighted by molar-refractivity contribution is 0.354. The number of methoxy groups -OCH3 is 2. The van der Waals surface area contributed by atoms with Crippen molar-refractivity contribution in [1.29, 1.82) is 0 Å². The first-order chi connectivity index (χ1) is 10.3. The molecule has 3 rings (SSSR count). The van der Waals surface area contributed by atoms with Crippen molar-refractivity contribution in [1.82, 2.24) is 9.97 Å². The highest BCUT2D eigenvalue weighted by molar-refractivity contribution is 5.83. The highest BCUT2D eigenvalue weighted by Crippen LogP contribution is 2.35. The first-order valence-corrected chi connectivity index (χ1v) is 7.05. The molecule has 1 aliphatic rings. The Kier molecular flexibility index (Phi) is 3.86. The summed E-state index contributed by atoms with van der Waals surface area (Å²) in [6, 6.07) is 5.89. The molecule has 0 spiro atoms. The van der Waals surface area contributed by atoms with Crippen LogP contribution in [0.4, 0.5) is 0 Å². The number of hydrogen-bond acceptors (Lipinski definition) is 4. The molecule has 4 heteroatoms. The summed E-state index contributed by atoms with van der Waals surface area (Å²) in [6.07, 6.45) is 8.74. The third-order valence-corrected chi connectivity index (χ3v) is 3.70. The Morgan fingerprint density at radius 2 is 1.90 bits per heavy atom. The van der Waals surface area contributed by atoms with E-state index in [9.17, 15) is 0 Å². The summed E-state index contributed by atoms with van der Waals surface area (Å²) >= 11 is 0. The zero-order valence-electron chi connectivity index (χ0n) is 12.3. The predicted molar refractivity (Wildman–Crippen MR) is 82.4 cm³/mol. The van der Waals surface area contributed by atoms with Gasteiger partial charge in [0.05, 0.1) is 25.6 Å². The molecule has 0 amide bonds. The van der Waals surface area contributed by atoms with Crippen LogP contribution >= 0.6 is 0 Å². The predicted octanol–water partition coefficient (Wildman–Crippen LogP) is 3.37. The Labute approximate surface area is 124 Å². The third kappa shape index (κ3) is 2.61. The number of para-hydroxylation sites is 1. The van der Waals surface area contributed by atoms with E-state index in [1.165, 1.54) is 5.57 Å². The maximum Gasteiger partial charge on any atom is 0.167 e. The summed E-state index contributed by atoms with van der Waals surface area (Å²) < 4.78 is 10.8. The largest absolute Gasteiger partial charge is 0.493 e. The van der Waals surface area contributed by atoms with Gasteiger partial charge < -0.3 is 9.47 Å². The van der Waals surface area contributed by atoms with Gasteiger partial charge in [-0.05, 0) is 37.0 Å². The lowest BCUT2D eigenvalue weighted by atomic mass is 9.93. The van der Waals surface area contributed by atoms with Crippen molar-refractivity contribution >= 4 is 11.6 Å². The topological polar surface area (TPSA) is 44.2 Å². The zero-order chi connectivity index (χ0) is 14.7. The fourth-order valence-corrected chi connectivity index (χ4v) is 2.74. The van der Waals surface area contributed by atoms with Gasteiger partial charge in [-0.3, -0.25) is 9.97 Å². The Morgan fingerprint density at radius 1 is 1.05 bits per heavy atom. The molecule has 1 aromatic carbocycles. The molecule has 108 valence electrons. The number of benzene rings is 1. The van der Waals surface area contributed by atoms with E-state index < -0.39 is 0 Å². The van der Waals surface area contributed by atoms with Crippen molar-refractivity contribution < 1.29 is 9.47 Å². The monoisotopic (exact) mass is 282 g/mol. The van der Waals surface area contributed by atoms with Crippen LogP contribution in [-0.2, 0) is 6.42 Å². The van der Waals surface area contributed by atoms with Gasteiger partial charge in [-0.2, -0.15) is 0 Å². The van der Waals surface area contributed by atoms with Gasteiger partial charge in [0.15, 0.2) is 11.5 Å². The molecule has 1 aliphatic carbocycles. The van der Waals surface area contributed by atoms with Crippen LogP contribution in [0, 0.1) is 0 Å². The molecule has 2 aromatic rings. The molecule has 0 bridgehead atoms. The average Bonchev–Trinajstić information content (AvgIpc) is 2.55. The van der Waals surface area contributed by atoms with Gasteiger partial charge in [-0.25, -0.2) is 0 Å². The average molecular weight is 282 g/mol. The van der Waals surface area contributed by atoms with E-state index in [0.29, 0.717) is 0 Å². The molecule has 0 fully saturated rings. The first-order valence-electron chi connectivity index (χ1n) is 7.05. The van der Waals surface area contributed by atoms with Crippen molar-refractivity contribution in [3.8, 4) is 11.5 Å². The van der Waals surface area contributed by atoms with E-state index in [0.717, 1.165) is 47.7 Å². The smallest absolute Gasteiger partial charge is 0.167 e. The van der Waals surface area contributed by atoms with E-state index in [1.807, 2.05) is 18.2 Å². The minimum absolute atomic E-state index is 0.738.